The lowest BCUT2D eigenvalue weighted by Gasteiger charge is -2.28. The maximum atomic E-state index is 14.0. The molecule has 134 valence electrons. The van der Waals surface area contributed by atoms with Gasteiger partial charge in [0.05, 0.1) is 17.7 Å². The highest BCUT2D eigenvalue weighted by atomic mass is 35.5. The molecule has 0 aliphatic heterocycles. The lowest BCUT2D eigenvalue weighted by atomic mass is 10.0. The van der Waals surface area contributed by atoms with Crippen LogP contribution in [0.3, 0.4) is 0 Å². The monoisotopic (exact) mass is 390 g/mol. The minimum absolute atomic E-state index is 0.231. The first-order valence-electron chi connectivity index (χ1n) is 8.34. The Morgan fingerprint density at radius 1 is 1.27 bits per heavy atom. The maximum absolute atomic E-state index is 14.0. The zero-order valence-electron chi connectivity index (χ0n) is 14.1. The summed E-state index contributed by atoms with van der Waals surface area (Å²) in [7, 11) is 1.93. The Hall–Kier alpha value is -1.72. The number of halogens is 3. The van der Waals surface area contributed by atoms with E-state index in [-0.39, 0.29) is 11.9 Å². The molecule has 0 spiro atoms. The summed E-state index contributed by atoms with van der Waals surface area (Å²) in [6.07, 6.45) is 1.57. The Balaban J connectivity index is 1.71. The van der Waals surface area contributed by atoms with Crippen molar-refractivity contribution >= 4 is 34.1 Å². The van der Waals surface area contributed by atoms with Crippen LogP contribution in [0.5, 0.6) is 0 Å². The first-order chi connectivity index (χ1) is 12.5. The van der Waals surface area contributed by atoms with Crippen LogP contribution in [0, 0.1) is 5.82 Å². The summed E-state index contributed by atoms with van der Waals surface area (Å²) in [5.74, 6) is -0.288. The van der Waals surface area contributed by atoms with Crippen LogP contribution in [0.4, 0.5) is 4.39 Å². The molecule has 2 aromatic carbocycles. The number of fused-ring (bicyclic) bond motifs is 2. The molecule has 1 N–H and O–H groups in total. The minimum Gasteiger partial charge on any atom is -0.391 e. The van der Waals surface area contributed by atoms with Crippen molar-refractivity contribution in [2.24, 2.45) is 0 Å². The second-order valence-corrected chi connectivity index (χ2v) is 7.54. The van der Waals surface area contributed by atoms with E-state index in [1.165, 1.54) is 6.07 Å². The number of benzene rings is 2. The molecule has 0 saturated carbocycles. The fourth-order valence-electron chi connectivity index (χ4n) is 3.85. The second-order valence-electron chi connectivity index (χ2n) is 6.69. The summed E-state index contributed by atoms with van der Waals surface area (Å²) in [4.78, 5) is 6.37. The fraction of sp³-hybridized carbons (Fsp3) is 0.250. The van der Waals surface area contributed by atoms with E-state index in [1.54, 1.807) is 30.5 Å². The van der Waals surface area contributed by atoms with Gasteiger partial charge >= 0.3 is 0 Å². The molecule has 3 aromatic rings. The van der Waals surface area contributed by atoms with Gasteiger partial charge in [0, 0.05) is 34.6 Å². The van der Waals surface area contributed by atoms with Crippen LogP contribution in [-0.4, -0.2) is 28.1 Å². The molecule has 0 saturated heterocycles. The molecule has 1 aliphatic carbocycles. The van der Waals surface area contributed by atoms with Crippen molar-refractivity contribution in [1.82, 2.24) is 9.88 Å². The highest BCUT2D eigenvalue weighted by Crippen LogP contribution is 2.41. The molecule has 2 atom stereocenters. The Kier molecular flexibility index (Phi) is 4.61. The normalized spacial score (nSPS) is 19.3. The lowest BCUT2D eigenvalue weighted by molar-refractivity contribution is 0.0726. The molecule has 1 aliphatic rings. The van der Waals surface area contributed by atoms with Gasteiger partial charge in [0.15, 0.2) is 0 Å². The van der Waals surface area contributed by atoms with E-state index in [9.17, 15) is 9.50 Å². The van der Waals surface area contributed by atoms with Crippen LogP contribution >= 0.6 is 23.2 Å². The third kappa shape index (κ3) is 2.97. The van der Waals surface area contributed by atoms with Crippen LogP contribution in [0.1, 0.15) is 22.7 Å². The van der Waals surface area contributed by atoms with Crippen molar-refractivity contribution in [3.63, 3.8) is 0 Å². The summed E-state index contributed by atoms with van der Waals surface area (Å²) in [6, 6.07) is 9.98. The number of hydrogen-bond acceptors (Lipinski definition) is 3. The molecule has 0 unspecified atom stereocenters. The molecule has 3 nitrogen and oxygen atoms in total. The van der Waals surface area contributed by atoms with Gasteiger partial charge in [0.2, 0.25) is 0 Å². The molecule has 0 amide bonds. The average molecular weight is 391 g/mol. The summed E-state index contributed by atoms with van der Waals surface area (Å²) >= 11 is 12.5. The summed E-state index contributed by atoms with van der Waals surface area (Å²) in [5.41, 5.74) is 3.41. The summed E-state index contributed by atoms with van der Waals surface area (Å²) in [6.45, 7) is 0.513. The second kappa shape index (κ2) is 6.78. The summed E-state index contributed by atoms with van der Waals surface area (Å²) < 4.78 is 14.0. The van der Waals surface area contributed by atoms with E-state index in [2.05, 4.69) is 4.98 Å². The zero-order valence-corrected chi connectivity index (χ0v) is 15.6. The number of pyridine rings is 1. The van der Waals surface area contributed by atoms with Gasteiger partial charge in [-0.2, -0.15) is 0 Å². The molecule has 1 aromatic heterocycles. The van der Waals surface area contributed by atoms with Crippen molar-refractivity contribution in [2.75, 3.05) is 7.05 Å². The van der Waals surface area contributed by atoms with Gasteiger partial charge in [-0.3, -0.25) is 9.88 Å². The highest BCUT2D eigenvalue weighted by molar-refractivity contribution is 6.35. The highest BCUT2D eigenvalue weighted by Gasteiger charge is 2.35. The van der Waals surface area contributed by atoms with Crippen LogP contribution < -0.4 is 0 Å². The van der Waals surface area contributed by atoms with E-state index in [0.717, 1.165) is 16.7 Å². The molecule has 0 fully saturated rings. The number of aliphatic hydroxyl groups excluding tert-OH is 1. The number of hydrogen-bond donors (Lipinski definition) is 1. The number of aromatic nitrogens is 1. The van der Waals surface area contributed by atoms with Crippen molar-refractivity contribution in [3.05, 3.63) is 75.1 Å². The van der Waals surface area contributed by atoms with Crippen molar-refractivity contribution in [1.29, 1.82) is 0 Å². The summed E-state index contributed by atoms with van der Waals surface area (Å²) in [5, 5.41) is 12.2. The fourth-order valence-corrected chi connectivity index (χ4v) is 4.44. The van der Waals surface area contributed by atoms with Crippen molar-refractivity contribution in [3.8, 4) is 0 Å². The molecule has 1 heterocycles. The molecule has 0 radical (unpaired) electrons. The van der Waals surface area contributed by atoms with E-state index in [1.807, 2.05) is 18.0 Å². The van der Waals surface area contributed by atoms with Gasteiger partial charge in [-0.25, -0.2) is 4.39 Å². The number of nitrogens with zero attached hydrogens (tertiary/aromatic N) is 2. The van der Waals surface area contributed by atoms with Crippen LogP contribution in [0.25, 0.3) is 10.9 Å². The average Bonchev–Trinajstić information content (AvgIpc) is 2.94. The van der Waals surface area contributed by atoms with Crippen molar-refractivity contribution in [2.45, 2.75) is 25.1 Å². The standard InChI is InChI=1S/C20H17Cl2FN2O/c1-25(10-11-4-5-17(23)13-3-2-6-24-19(11)13)20-15-7-12(21)8-16(22)14(15)9-18(20)26/h2-8,18,20,26H,9-10H2,1H3/t18-,20-/m0/s1. The lowest BCUT2D eigenvalue weighted by Crippen LogP contribution is -2.30. The Morgan fingerprint density at radius 3 is 2.88 bits per heavy atom. The minimum atomic E-state index is -0.578. The number of aliphatic hydroxyl groups is 1. The topological polar surface area (TPSA) is 36.4 Å². The van der Waals surface area contributed by atoms with Crippen LogP contribution in [-0.2, 0) is 13.0 Å². The molecule has 0 bridgehead atoms. The third-order valence-electron chi connectivity index (χ3n) is 4.99. The Morgan fingerprint density at radius 2 is 2.08 bits per heavy atom. The Bertz CT molecular complexity index is 995. The van der Waals surface area contributed by atoms with E-state index in [0.29, 0.717) is 33.9 Å². The van der Waals surface area contributed by atoms with Gasteiger partial charge < -0.3 is 5.11 Å². The maximum Gasteiger partial charge on any atom is 0.132 e. The molecule has 4 rings (SSSR count). The number of rotatable bonds is 3. The van der Waals surface area contributed by atoms with Crippen molar-refractivity contribution < 1.29 is 9.50 Å². The van der Waals surface area contributed by atoms with Crippen LogP contribution in [0.15, 0.2) is 42.6 Å². The molecule has 6 heteroatoms. The van der Waals surface area contributed by atoms with E-state index >= 15 is 0 Å². The van der Waals surface area contributed by atoms with Gasteiger partial charge in [0.25, 0.3) is 0 Å². The zero-order chi connectivity index (χ0) is 18.4. The SMILES string of the molecule is CN(Cc1ccc(F)c2cccnc12)[C@H]1c2cc(Cl)cc(Cl)c2C[C@@H]1O. The predicted molar refractivity (Wildman–Crippen MR) is 102 cm³/mol. The number of likely N-dealkylation sites (N-methyl/N-ethyl adjacent to an activating group) is 1. The largest absolute Gasteiger partial charge is 0.391 e. The molecular weight excluding hydrogens is 374 g/mol. The predicted octanol–water partition coefficient (Wildman–Crippen LogP) is 4.77. The molecular formula is C20H17Cl2FN2O. The van der Waals surface area contributed by atoms with Gasteiger partial charge in [0.1, 0.15) is 5.82 Å². The van der Waals surface area contributed by atoms with Gasteiger partial charge in [-0.15, -0.1) is 0 Å². The van der Waals surface area contributed by atoms with E-state index in [4.69, 9.17) is 23.2 Å². The first kappa shape index (κ1) is 17.7. The van der Waals surface area contributed by atoms with Crippen LogP contribution in [0.2, 0.25) is 10.0 Å². The molecule has 26 heavy (non-hydrogen) atoms. The van der Waals surface area contributed by atoms with Gasteiger partial charge in [-0.05, 0) is 54.1 Å². The van der Waals surface area contributed by atoms with Gasteiger partial charge in [-0.1, -0.05) is 29.3 Å². The van der Waals surface area contributed by atoms with E-state index < -0.39 is 6.10 Å². The third-order valence-corrected chi connectivity index (χ3v) is 5.54. The Labute approximate surface area is 161 Å². The smallest absolute Gasteiger partial charge is 0.132 e. The first-order valence-corrected chi connectivity index (χ1v) is 9.09. The quantitative estimate of drug-likeness (QED) is 0.699.